The molecule has 6 nitrogen and oxygen atoms in total. The summed E-state index contributed by atoms with van der Waals surface area (Å²) in [6.45, 7) is 2.96. The molecule has 0 aliphatic heterocycles. The molecule has 6 heteroatoms. The number of hydrogen-bond acceptors (Lipinski definition) is 5. The fourth-order valence-corrected chi connectivity index (χ4v) is 1.47. The van der Waals surface area contributed by atoms with Crippen LogP contribution in [0.25, 0.3) is 0 Å². The molecule has 1 unspecified atom stereocenters. The van der Waals surface area contributed by atoms with Crippen molar-refractivity contribution in [1.82, 2.24) is 0 Å². The van der Waals surface area contributed by atoms with Crippen molar-refractivity contribution in [2.75, 3.05) is 39.3 Å². The Bertz CT molecular complexity index is 437. The number of carbonyl (C=O) groups is 1. The normalized spacial score (nSPS) is 11.8. The highest BCUT2D eigenvalue weighted by atomic mass is 16.5. The molecule has 1 aromatic rings. The van der Waals surface area contributed by atoms with Crippen LogP contribution >= 0.6 is 0 Å². The molecule has 20 heavy (non-hydrogen) atoms. The van der Waals surface area contributed by atoms with E-state index in [0.717, 1.165) is 0 Å². The molecule has 0 saturated carbocycles. The summed E-state index contributed by atoms with van der Waals surface area (Å²) in [5, 5.41) is 2.79. The van der Waals surface area contributed by atoms with Gasteiger partial charge in [0.25, 0.3) is 0 Å². The first-order valence-electron chi connectivity index (χ1n) is 6.43. The highest BCUT2D eigenvalue weighted by Crippen LogP contribution is 2.30. The Morgan fingerprint density at radius 1 is 1.30 bits per heavy atom. The molecule has 0 spiro atoms. The number of nitrogens with two attached hydrogens (primary N) is 1. The Hall–Kier alpha value is -1.79. The lowest BCUT2D eigenvalue weighted by Crippen LogP contribution is -2.26. The van der Waals surface area contributed by atoms with Crippen molar-refractivity contribution < 1.29 is 19.0 Å². The molecule has 0 aliphatic carbocycles. The molecule has 1 amide bonds. The lowest BCUT2D eigenvalue weighted by Gasteiger charge is -2.14. The predicted octanol–water partition coefficient (Wildman–Crippen LogP) is 1.25. The third kappa shape index (κ3) is 4.71. The van der Waals surface area contributed by atoms with Crippen molar-refractivity contribution in [3.05, 3.63) is 18.2 Å². The largest absolute Gasteiger partial charge is 0.493 e. The minimum absolute atomic E-state index is 0.125. The van der Waals surface area contributed by atoms with Gasteiger partial charge in [0, 0.05) is 31.3 Å². The van der Waals surface area contributed by atoms with Gasteiger partial charge in [0.2, 0.25) is 5.91 Å². The predicted molar refractivity (Wildman–Crippen MR) is 77.2 cm³/mol. The van der Waals surface area contributed by atoms with E-state index in [1.807, 2.05) is 0 Å². The number of ether oxygens (including phenoxy) is 3. The Labute approximate surface area is 119 Å². The second-order valence-electron chi connectivity index (χ2n) is 4.33. The van der Waals surface area contributed by atoms with E-state index in [4.69, 9.17) is 19.9 Å². The van der Waals surface area contributed by atoms with Gasteiger partial charge in [-0.25, -0.2) is 0 Å². The molecule has 1 atom stereocenters. The lowest BCUT2D eigenvalue weighted by molar-refractivity contribution is -0.119. The number of methoxy groups -OCH3 is 2. The Morgan fingerprint density at radius 3 is 2.65 bits per heavy atom. The molecular weight excluding hydrogens is 260 g/mol. The number of rotatable bonds is 8. The van der Waals surface area contributed by atoms with Crippen LogP contribution in [0.1, 0.15) is 6.92 Å². The van der Waals surface area contributed by atoms with E-state index in [1.165, 1.54) is 0 Å². The minimum Gasteiger partial charge on any atom is -0.493 e. The summed E-state index contributed by atoms with van der Waals surface area (Å²) >= 11 is 0. The number of amides is 1. The van der Waals surface area contributed by atoms with E-state index in [2.05, 4.69) is 5.32 Å². The monoisotopic (exact) mass is 282 g/mol. The Balaban J connectivity index is 2.78. The zero-order chi connectivity index (χ0) is 15.0. The van der Waals surface area contributed by atoms with E-state index in [0.29, 0.717) is 36.9 Å². The van der Waals surface area contributed by atoms with Crippen molar-refractivity contribution in [3.63, 3.8) is 0 Å². The molecular formula is C14H22N2O4. The van der Waals surface area contributed by atoms with Crippen molar-refractivity contribution >= 4 is 11.6 Å². The van der Waals surface area contributed by atoms with E-state index >= 15 is 0 Å². The molecule has 0 heterocycles. The van der Waals surface area contributed by atoms with Gasteiger partial charge in [-0.3, -0.25) is 4.79 Å². The van der Waals surface area contributed by atoms with Crippen LogP contribution in [0.5, 0.6) is 11.5 Å². The van der Waals surface area contributed by atoms with Crippen LogP contribution in [0.2, 0.25) is 0 Å². The number of anilines is 1. The van der Waals surface area contributed by atoms with Gasteiger partial charge in [-0.15, -0.1) is 0 Å². The van der Waals surface area contributed by atoms with Gasteiger partial charge in [0.1, 0.15) is 6.61 Å². The molecule has 0 aliphatic rings. The fourth-order valence-electron chi connectivity index (χ4n) is 1.47. The topological polar surface area (TPSA) is 82.8 Å². The van der Waals surface area contributed by atoms with Gasteiger partial charge in [0.15, 0.2) is 11.5 Å². The molecule has 3 N–H and O–H groups in total. The number of nitrogens with one attached hydrogen (secondary N) is 1. The first kappa shape index (κ1) is 16.3. The molecule has 1 aromatic carbocycles. The van der Waals surface area contributed by atoms with Crippen molar-refractivity contribution in [1.29, 1.82) is 0 Å². The van der Waals surface area contributed by atoms with Crippen LogP contribution in [0, 0.1) is 5.92 Å². The van der Waals surface area contributed by atoms with Crippen molar-refractivity contribution in [3.8, 4) is 11.5 Å². The Morgan fingerprint density at radius 2 is 2.05 bits per heavy atom. The number of benzene rings is 1. The van der Waals surface area contributed by atoms with E-state index < -0.39 is 0 Å². The van der Waals surface area contributed by atoms with Crippen molar-refractivity contribution in [2.45, 2.75) is 6.92 Å². The average molecular weight is 282 g/mol. The fraction of sp³-hybridized carbons (Fsp3) is 0.500. The average Bonchev–Trinajstić information content (AvgIpc) is 2.47. The van der Waals surface area contributed by atoms with Crippen LogP contribution in [0.3, 0.4) is 0 Å². The van der Waals surface area contributed by atoms with Gasteiger partial charge >= 0.3 is 0 Å². The zero-order valence-corrected chi connectivity index (χ0v) is 12.1. The van der Waals surface area contributed by atoms with Crippen LogP contribution in [-0.2, 0) is 9.53 Å². The first-order valence-corrected chi connectivity index (χ1v) is 6.43. The smallest absolute Gasteiger partial charge is 0.228 e. The molecule has 0 radical (unpaired) electrons. The van der Waals surface area contributed by atoms with Gasteiger partial charge < -0.3 is 25.3 Å². The summed E-state index contributed by atoms with van der Waals surface area (Å²) in [7, 11) is 3.17. The van der Waals surface area contributed by atoms with Crippen LogP contribution in [0.15, 0.2) is 18.2 Å². The molecule has 1 rings (SSSR count). The second kappa shape index (κ2) is 8.39. The van der Waals surface area contributed by atoms with Gasteiger partial charge in [-0.2, -0.15) is 0 Å². The van der Waals surface area contributed by atoms with E-state index in [9.17, 15) is 4.79 Å². The summed E-state index contributed by atoms with van der Waals surface area (Å²) in [6.07, 6.45) is 0. The SMILES string of the molecule is COCCOc1cc(NC(=O)C(C)CN)ccc1OC. The molecule has 0 bridgehead atoms. The van der Waals surface area contributed by atoms with Crippen LogP contribution in [-0.4, -0.2) is 39.9 Å². The second-order valence-corrected chi connectivity index (χ2v) is 4.33. The molecule has 0 saturated heterocycles. The Kier molecular flexibility index (Phi) is 6.83. The third-order valence-corrected chi connectivity index (χ3v) is 2.78. The molecule has 112 valence electrons. The van der Waals surface area contributed by atoms with Gasteiger partial charge in [-0.05, 0) is 12.1 Å². The van der Waals surface area contributed by atoms with Crippen LogP contribution < -0.4 is 20.5 Å². The number of hydrogen-bond donors (Lipinski definition) is 2. The van der Waals surface area contributed by atoms with Crippen LogP contribution in [0.4, 0.5) is 5.69 Å². The summed E-state index contributed by atoms with van der Waals surface area (Å²) in [4.78, 5) is 11.8. The third-order valence-electron chi connectivity index (χ3n) is 2.78. The quantitative estimate of drug-likeness (QED) is 0.701. The first-order chi connectivity index (χ1) is 9.62. The maximum Gasteiger partial charge on any atom is 0.228 e. The molecule has 0 fully saturated rings. The minimum atomic E-state index is -0.241. The van der Waals surface area contributed by atoms with E-state index in [-0.39, 0.29) is 11.8 Å². The number of carbonyl (C=O) groups excluding carboxylic acids is 1. The lowest BCUT2D eigenvalue weighted by atomic mass is 10.1. The summed E-state index contributed by atoms with van der Waals surface area (Å²) in [5.74, 6) is 0.796. The zero-order valence-electron chi connectivity index (χ0n) is 12.1. The highest BCUT2D eigenvalue weighted by molar-refractivity contribution is 5.92. The molecule has 0 aromatic heterocycles. The summed E-state index contributed by atoms with van der Waals surface area (Å²) in [6, 6.07) is 5.21. The maximum atomic E-state index is 11.8. The van der Waals surface area contributed by atoms with E-state index in [1.54, 1.807) is 39.3 Å². The maximum absolute atomic E-state index is 11.8. The highest BCUT2D eigenvalue weighted by Gasteiger charge is 2.12. The summed E-state index contributed by atoms with van der Waals surface area (Å²) < 4.78 is 15.7. The van der Waals surface area contributed by atoms with Gasteiger partial charge in [0.05, 0.1) is 13.7 Å². The summed E-state index contributed by atoms with van der Waals surface area (Å²) in [5.41, 5.74) is 6.11. The standard InChI is InChI=1S/C14H22N2O4/c1-10(9-15)14(17)16-11-4-5-12(19-3)13(8-11)20-7-6-18-2/h4-5,8,10H,6-7,9,15H2,1-3H3,(H,16,17). The van der Waals surface area contributed by atoms with Gasteiger partial charge in [-0.1, -0.05) is 6.92 Å². The van der Waals surface area contributed by atoms with Crippen molar-refractivity contribution in [2.24, 2.45) is 11.7 Å².